The Kier molecular flexibility index (Phi) is 4.97. The van der Waals surface area contributed by atoms with Gasteiger partial charge >= 0.3 is 0 Å². The Morgan fingerprint density at radius 3 is 2.00 bits per heavy atom. The fraction of sp³-hybridized carbons (Fsp3) is 0.136. The van der Waals surface area contributed by atoms with Crippen molar-refractivity contribution in [2.24, 2.45) is 4.99 Å². The van der Waals surface area contributed by atoms with Crippen molar-refractivity contribution < 1.29 is 14.8 Å². The van der Waals surface area contributed by atoms with Gasteiger partial charge in [-0.05, 0) is 36.6 Å². The fourth-order valence-electron chi connectivity index (χ4n) is 3.98. The van der Waals surface area contributed by atoms with E-state index in [1.807, 2.05) is 19.1 Å². The molecular weight excluding hydrogens is 416 g/mol. The number of nitrogens with zero attached hydrogens (tertiary/aromatic N) is 4. The van der Waals surface area contributed by atoms with E-state index >= 15 is 0 Å². The first kappa shape index (κ1) is 20.8. The lowest BCUT2D eigenvalue weighted by atomic mass is 10.00. The van der Waals surface area contributed by atoms with Crippen molar-refractivity contribution in [3.63, 3.8) is 0 Å². The van der Waals surface area contributed by atoms with Gasteiger partial charge in [-0.15, -0.1) is 0 Å². The van der Waals surface area contributed by atoms with E-state index in [1.54, 1.807) is 25.1 Å². The molecule has 10 heteroatoms. The van der Waals surface area contributed by atoms with Gasteiger partial charge in [-0.1, -0.05) is 25.1 Å². The number of non-ortho nitro benzene ring substituents is 1. The van der Waals surface area contributed by atoms with Gasteiger partial charge in [0.1, 0.15) is 0 Å². The van der Waals surface area contributed by atoms with Crippen molar-refractivity contribution in [3.8, 4) is 11.1 Å². The van der Waals surface area contributed by atoms with Gasteiger partial charge in [-0.25, -0.2) is 4.99 Å². The van der Waals surface area contributed by atoms with Crippen LogP contribution in [0.4, 0.5) is 22.7 Å². The number of nitro groups is 3. The molecule has 0 unspecified atom stereocenters. The molecule has 32 heavy (non-hydrogen) atoms. The molecule has 0 radical (unpaired) electrons. The van der Waals surface area contributed by atoms with Crippen LogP contribution in [0, 0.1) is 37.3 Å². The lowest BCUT2D eigenvalue weighted by Crippen LogP contribution is -2.01. The monoisotopic (exact) mass is 432 g/mol. The molecule has 0 fully saturated rings. The maximum absolute atomic E-state index is 11.8. The molecule has 10 nitrogen and oxygen atoms in total. The molecule has 0 aromatic heterocycles. The first-order valence-corrected chi connectivity index (χ1v) is 9.66. The van der Waals surface area contributed by atoms with Crippen molar-refractivity contribution in [2.45, 2.75) is 20.3 Å². The largest absolute Gasteiger partial charge is 0.285 e. The van der Waals surface area contributed by atoms with E-state index in [1.165, 1.54) is 12.1 Å². The summed E-state index contributed by atoms with van der Waals surface area (Å²) in [4.78, 5) is 37.7. The normalized spacial score (nSPS) is 13.0. The zero-order chi connectivity index (χ0) is 23.2. The average molecular weight is 432 g/mol. The van der Waals surface area contributed by atoms with Crippen LogP contribution in [-0.2, 0) is 6.42 Å². The second-order valence-electron chi connectivity index (χ2n) is 7.31. The van der Waals surface area contributed by atoms with Crippen molar-refractivity contribution in [2.75, 3.05) is 0 Å². The molecule has 0 heterocycles. The number of hydrogen-bond donors (Lipinski definition) is 0. The Labute approximate surface area is 181 Å². The topological polar surface area (TPSA) is 142 Å². The molecule has 3 aromatic carbocycles. The summed E-state index contributed by atoms with van der Waals surface area (Å²) in [5, 5.41) is 35.1. The van der Waals surface area contributed by atoms with Crippen molar-refractivity contribution in [3.05, 3.63) is 101 Å². The molecule has 1 aliphatic rings. The highest BCUT2D eigenvalue weighted by Gasteiger charge is 2.39. The van der Waals surface area contributed by atoms with Gasteiger partial charge in [0.15, 0.2) is 0 Å². The first-order valence-electron chi connectivity index (χ1n) is 9.66. The van der Waals surface area contributed by atoms with Crippen LogP contribution in [0.25, 0.3) is 11.1 Å². The predicted molar refractivity (Wildman–Crippen MR) is 118 cm³/mol. The van der Waals surface area contributed by atoms with Gasteiger partial charge < -0.3 is 0 Å². The molecule has 1 aliphatic carbocycles. The molecular formula is C22H16N4O6. The number of para-hydroxylation sites is 1. The number of aryl methyl sites for hydroxylation is 2. The zero-order valence-corrected chi connectivity index (χ0v) is 17.1. The van der Waals surface area contributed by atoms with Gasteiger partial charge in [0.05, 0.1) is 43.4 Å². The number of aliphatic imine (C=N–C) groups is 1. The third-order valence-corrected chi connectivity index (χ3v) is 5.33. The maximum Gasteiger partial charge on any atom is 0.285 e. The molecule has 0 amide bonds. The quantitative estimate of drug-likeness (QED) is 0.304. The van der Waals surface area contributed by atoms with Crippen LogP contribution in [0.15, 0.2) is 53.5 Å². The van der Waals surface area contributed by atoms with E-state index in [0.29, 0.717) is 23.2 Å². The van der Waals surface area contributed by atoms with Crippen molar-refractivity contribution in [1.29, 1.82) is 0 Å². The summed E-state index contributed by atoms with van der Waals surface area (Å²) in [6.45, 7) is 3.62. The van der Waals surface area contributed by atoms with Crippen LogP contribution in [0.1, 0.15) is 29.2 Å². The first-order chi connectivity index (χ1) is 15.2. The van der Waals surface area contributed by atoms with Crippen molar-refractivity contribution in [1.82, 2.24) is 0 Å². The molecule has 3 aromatic rings. The van der Waals surface area contributed by atoms with Gasteiger partial charge in [-0.2, -0.15) is 0 Å². The highest BCUT2D eigenvalue weighted by atomic mass is 16.6. The fourth-order valence-corrected chi connectivity index (χ4v) is 3.98. The summed E-state index contributed by atoms with van der Waals surface area (Å²) < 4.78 is 0. The summed E-state index contributed by atoms with van der Waals surface area (Å²) in [5.74, 6) is 0. The Balaban J connectivity index is 2.18. The second-order valence-corrected chi connectivity index (χ2v) is 7.31. The molecule has 0 bridgehead atoms. The Hall–Kier alpha value is -4.47. The standard InChI is InChI=1S/C22H16N4O6/c1-3-13-6-4-5-7-17(13)23-22-15-8-12(2)9-18(25(29)30)20(15)21-16(22)10-14(24(27)28)11-19(21)26(31)32/h4-11H,3H2,1-2H3. The minimum Gasteiger partial charge on any atom is -0.258 e. The SMILES string of the molecule is CCc1ccccc1N=C1c2cc(C)cc([N+](=O)[O-])c2-c2c1cc([N+](=O)[O-])cc2[N+](=O)[O-]. The van der Waals surface area contributed by atoms with Crippen LogP contribution in [-0.4, -0.2) is 20.5 Å². The third kappa shape index (κ3) is 3.27. The third-order valence-electron chi connectivity index (χ3n) is 5.33. The molecule has 4 rings (SSSR count). The Bertz CT molecular complexity index is 1360. The van der Waals surface area contributed by atoms with Gasteiger partial charge in [0, 0.05) is 23.3 Å². The second kappa shape index (κ2) is 7.65. The molecule has 160 valence electrons. The number of hydrogen-bond acceptors (Lipinski definition) is 7. The summed E-state index contributed by atoms with van der Waals surface area (Å²) in [5.41, 5.74) is 1.38. The highest BCUT2D eigenvalue weighted by molar-refractivity contribution is 6.28. The molecule has 0 N–H and O–H groups in total. The van der Waals surface area contributed by atoms with Crippen LogP contribution in [0.5, 0.6) is 0 Å². The van der Waals surface area contributed by atoms with E-state index in [0.717, 1.165) is 11.6 Å². The van der Waals surface area contributed by atoms with Crippen LogP contribution in [0.3, 0.4) is 0 Å². The van der Waals surface area contributed by atoms with Crippen molar-refractivity contribution >= 4 is 28.5 Å². The predicted octanol–water partition coefficient (Wildman–Crippen LogP) is 5.43. The summed E-state index contributed by atoms with van der Waals surface area (Å²) in [6.07, 6.45) is 0.662. The van der Waals surface area contributed by atoms with Crippen LogP contribution in [0.2, 0.25) is 0 Å². The number of rotatable bonds is 5. The smallest absolute Gasteiger partial charge is 0.258 e. The van der Waals surface area contributed by atoms with Gasteiger partial charge in [-0.3, -0.25) is 30.3 Å². The zero-order valence-electron chi connectivity index (χ0n) is 17.1. The Morgan fingerprint density at radius 2 is 1.41 bits per heavy atom. The number of fused-ring (bicyclic) bond motifs is 3. The summed E-state index contributed by atoms with van der Waals surface area (Å²) in [7, 11) is 0. The summed E-state index contributed by atoms with van der Waals surface area (Å²) >= 11 is 0. The molecule has 0 saturated heterocycles. The number of nitro benzene ring substituents is 3. The van der Waals surface area contributed by atoms with Gasteiger partial charge in [0.25, 0.3) is 17.1 Å². The molecule has 0 atom stereocenters. The Morgan fingerprint density at radius 1 is 0.812 bits per heavy atom. The van der Waals surface area contributed by atoms with E-state index in [2.05, 4.69) is 0 Å². The van der Waals surface area contributed by atoms with Crippen LogP contribution < -0.4 is 0 Å². The molecule has 0 aliphatic heterocycles. The lowest BCUT2D eigenvalue weighted by Gasteiger charge is -2.07. The number of benzene rings is 3. The maximum atomic E-state index is 11.8. The van der Waals surface area contributed by atoms with E-state index in [4.69, 9.17) is 4.99 Å². The minimum atomic E-state index is -0.762. The molecule has 0 spiro atoms. The lowest BCUT2D eigenvalue weighted by molar-refractivity contribution is -0.394. The van der Waals surface area contributed by atoms with E-state index in [9.17, 15) is 30.3 Å². The minimum absolute atomic E-state index is 0.0324. The summed E-state index contributed by atoms with van der Waals surface area (Å²) in [6, 6.07) is 12.3. The van der Waals surface area contributed by atoms with E-state index in [-0.39, 0.29) is 28.1 Å². The van der Waals surface area contributed by atoms with Crippen LogP contribution >= 0.6 is 0 Å². The van der Waals surface area contributed by atoms with Gasteiger partial charge in [0.2, 0.25) is 0 Å². The average Bonchev–Trinajstić information content (AvgIpc) is 3.05. The molecule has 0 saturated carbocycles. The van der Waals surface area contributed by atoms with E-state index < -0.39 is 26.1 Å². The highest BCUT2D eigenvalue weighted by Crippen LogP contribution is 2.49.